The molecule has 4 heteroatoms. The molecule has 0 bridgehead atoms. The Balaban J connectivity index is 1.72. The minimum absolute atomic E-state index is 0.144. The zero-order chi connectivity index (χ0) is 17.4. The van der Waals surface area contributed by atoms with Gasteiger partial charge >= 0.3 is 0 Å². The van der Waals surface area contributed by atoms with Crippen molar-refractivity contribution in [3.8, 4) is 0 Å². The molecule has 1 saturated heterocycles. The standard InChI is InChI=1S/C21H23N3O/c1-3-12-23-19-11-7-5-9-17(19)22-21(23)16-13-20(25)24(14-16)18-10-6-4-8-15(18)2/h4-11,16H,3,12-14H2,1-2H3. The number of carbonyl (C=O) groups excluding carboxylic acids is 1. The SMILES string of the molecule is CCCn1c(C2CC(=O)N(c3ccccc3C)C2)nc2ccccc21. The number of benzene rings is 2. The Kier molecular flexibility index (Phi) is 4.04. The molecule has 0 saturated carbocycles. The lowest BCUT2D eigenvalue weighted by molar-refractivity contribution is -0.117. The van der Waals surface area contributed by atoms with Gasteiger partial charge in [0.05, 0.1) is 11.0 Å². The van der Waals surface area contributed by atoms with Crippen LogP contribution in [0.4, 0.5) is 5.69 Å². The molecule has 2 heterocycles. The number of aryl methyl sites for hydroxylation is 2. The third kappa shape index (κ3) is 2.72. The molecule has 1 aliphatic rings. The second-order valence-corrected chi connectivity index (χ2v) is 6.80. The van der Waals surface area contributed by atoms with Crippen LogP contribution in [0.2, 0.25) is 0 Å². The summed E-state index contributed by atoms with van der Waals surface area (Å²) in [6.45, 7) is 5.88. The fourth-order valence-corrected chi connectivity index (χ4v) is 3.84. The van der Waals surface area contributed by atoms with Gasteiger partial charge in [0.25, 0.3) is 0 Å². The van der Waals surface area contributed by atoms with E-state index in [9.17, 15) is 4.79 Å². The summed E-state index contributed by atoms with van der Waals surface area (Å²) < 4.78 is 2.30. The zero-order valence-electron chi connectivity index (χ0n) is 14.8. The van der Waals surface area contributed by atoms with Gasteiger partial charge < -0.3 is 9.47 Å². The van der Waals surface area contributed by atoms with Crippen molar-refractivity contribution >= 4 is 22.6 Å². The van der Waals surface area contributed by atoms with Crippen molar-refractivity contribution in [3.63, 3.8) is 0 Å². The fraction of sp³-hybridized carbons (Fsp3) is 0.333. The molecule has 2 aromatic carbocycles. The Bertz CT molecular complexity index is 928. The third-order valence-corrected chi connectivity index (χ3v) is 5.03. The maximum atomic E-state index is 12.7. The summed E-state index contributed by atoms with van der Waals surface area (Å²) in [5.41, 5.74) is 4.35. The normalized spacial score (nSPS) is 17.6. The Labute approximate surface area is 148 Å². The number of hydrogen-bond acceptors (Lipinski definition) is 2. The second kappa shape index (κ2) is 6.36. The van der Waals surface area contributed by atoms with Gasteiger partial charge in [0.15, 0.2) is 0 Å². The number of amides is 1. The number of fused-ring (bicyclic) bond motifs is 1. The average molecular weight is 333 g/mol. The highest BCUT2D eigenvalue weighted by molar-refractivity contribution is 5.97. The highest BCUT2D eigenvalue weighted by atomic mass is 16.2. The quantitative estimate of drug-likeness (QED) is 0.715. The molecule has 1 fully saturated rings. The van der Waals surface area contributed by atoms with Gasteiger partial charge in [0, 0.05) is 31.1 Å². The van der Waals surface area contributed by atoms with E-state index < -0.39 is 0 Å². The maximum absolute atomic E-state index is 12.7. The number of anilines is 1. The Morgan fingerprint density at radius 1 is 1.12 bits per heavy atom. The Hall–Kier alpha value is -2.62. The number of rotatable bonds is 4. The smallest absolute Gasteiger partial charge is 0.227 e. The molecule has 1 unspecified atom stereocenters. The fourth-order valence-electron chi connectivity index (χ4n) is 3.84. The lowest BCUT2D eigenvalue weighted by atomic mass is 10.1. The summed E-state index contributed by atoms with van der Waals surface area (Å²) in [5, 5.41) is 0. The van der Waals surface area contributed by atoms with Crippen molar-refractivity contribution in [2.75, 3.05) is 11.4 Å². The maximum Gasteiger partial charge on any atom is 0.227 e. The Morgan fingerprint density at radius 3 is 2.68 bits per heavy atom. The number of hydrogen-bond donors (Lipinski definition) is 0. The monoisotopic (exact) mass is 333 g/mol. The molecule has 4 rings (SSSR count). The van der Waals surface area contributed by atoms with Gasteiger partial charge in [-0.05, 0) is 37.1 Å². The lowest BCUT2D eigenvalue weighted by Gasteiger charge is -2.19. The molecule has 1 amide bonds. The molecule has 128 valence electrons. The van der Waals surface area contributed by atoms with Gasteiger partial charge in [-0.2, -0.15) is 0 Å². The number of imidazole rings is 1. The molecular formula is C21H23N3O. The van der Waals surface area contributed by atoms with Gasteiger partial charge in [-0.3, -0.25) is 4.79 Å². The molecule has 25 heavy (non-hydrogen) atoms. The van der Waals surface area contributed by atoms with Crippen molar-refractivity contribution in [2.24, 2.45) is 0 Å². The van der Waals surface area contributed by atoms with Crippen molar-refractivity contribution in [1.82, 2.24) is 9.55 Å². The van der Waals surface area contributed by atoms with Gasteiger partial charge in [-0.25, -0.2) is 4.98 Å². The first-order valence-corrected chi connectivity index (χ1v) is 9.00. The van der Waals surface area contributed by atoms with Crippen LogP contribution >= 0.6 is 0 Å². The third-order valence-electron chi connectivity index (χ3n) is 5.03. The van der Waals surface area contributed by atoms with E-state index in [1.807, 2.05) is 29.2 Å². The van der Waals surface area contributed by atoms with E-state index in [0.717, 1.165) is 35.6 Å². The number of aromatic nitrogens is 2. The van der Waals surface area contributed by atoms with Gasteiger partial charge in [-0.15, -0.1) is 0 Å². The van der Waals surface area contributed by atoms with E-state index in [2.05, 4.69) is 42.7 Å². The van der Waals surface area contributed by atoms with E-state index in [1.54, 1.807) is 0 Å². The van der Waals surface area contributed by atoms with Crippen LogP contribution in [0, 0.1) is 6.92 Å². The zero-order valence-corrected chi connectivity index (χ0v) is 14.8. The topological polar surface area (TPSA) is 38.1 Å². The minimum Gasteiger partial charge on any atom is -0.328 e. The van der Waals surface area contributed by atoms with Gasteiger partial charge in [-0.1, -0.05) is 37.3 Å². The molecule has 3 aromatic rings. The van der Waals surface area contributed by atoms with E-state index in [-0.39, 0.29) is 11.8 Å². The molecule has 0 radical (unpaired) electrons. The highest BCUT2D eigenvalue weighted by Crippen LogP contribution is 2.34. The van der Waals surface area contributed by atoms with E-state index in [1.165, 1.54) is 5.52 Å². The Morgan fingerprint density at radius 2 is 1.88 bits per heavy atom. The van der Waals surface area contributed by atoms with Crippen LogP contribution < -0.4 is 4.90 Å². The second-order valence-electron chi connectivity index (χ2n) is 6.80. The molecule has 4 nitrogen and oxygen atoms in total. The first kappa shape index (κ1) is 15.9. The van der Waals surface area contributed by atoms with Crippen LogP contribution in [0.25, 0.3) is 11.0 Å². The predicted molar refractivity (Wildman–Crippen MR) is 101 cm³/mol. The van der Waals surface area contributed by atoms with Crippen molar-refractivity contribution in [1.29, 1.82) is 0 Å². The van der Waals surface area contributed by atoms with Crippen molar-refractivity contribution in [2.45, 2.75) is 39.2 Å². The lowest BCUT2D eigenvalue weighted by Crippen LogP contribution is -2.25. The summed E-state index contributed by atoms with van der Waals surface area (Å²) in [7, 11) is 0. The first-order valence-electron chi connectivity index (χ1n) is 9.00. The molecular weight excluding hydrogens is 310 g/mol. The summed E-state index contributed by atoms with van der Waals surface area (Å²) in [5.74, 6) is 1.38. The van der Waals surface area contributed by atoms with Crippen LogP contribution in [0.15, 0.2) is 48.5 Å². The number of carbonyl (C=O) groups is 1. The predicted octanol–water partition coefficient (Wildman–Crippen LogP) is 4.28. The molecule has 0 aliphatic carbocycles. The van der Waals surface area contributed by atoms with Crippen LogP contribution in [-0.4, -0.2) is 22.0 Å². The summed E-state index contributed by atoms with van der Waals surface area (Å²) in [4.78, 5) is 19.5. The van der Waals surface area contributed by atoms with Gasteiger partial charge in [0.2, 0.25) is 5.91 Å². The van der Waals surface area contributed by atoms with Crippen LogP contribution in [0.1, 0.15) is 37.1 Å². The summed E-state index contributed by atoms with van der Waals surface area (Å²) in [6.07, 6.45) is 1.58. The van der Waals surface area contributed by atoms with Crippen LogP contribution in [-0.2, 0) is 11.3 Å². The largest absolute Gasteiger partial charge is 0.328 e. The molecule has 0 N–H and O–H groups in total. The van der Waals surface area contributed by atoms with E-state index in [4.69, 9.17) is 4.98 Å². The first-order chi connectivity index (χ1) is 12.2. The molecule has 1 atom stereocenters. The minimum atomic E-state index is 0.144. The molecule has 0 spiro atoms. The van der Waals surface area contributed by atoms with Crippen molar-refractivity contribution in [3.05, 3.63) is 59.9 Å². The van der Waals surface area contributed by atoms with Crippen molar-refractivity contribution < 1.29 is 4.79 Å². The number of para-hydroxylation sites is 3. The summed E-state index contributed by atoms with van der Waals surface area (Å²) >= 11 is 0. The summed E-state index contributed by atoms with van der Waals surface area (Å²) in [6, 6.07) is 16.4. The van der Waals surface area contributed by atoms with Crippen LogP contribution in [0.3, 0.4) is 0 Å². The average Bonchev–Trinajstić information content (AvgIpc) is 3.17. The molecule has 1 aromatic heterocycles. The van der Waals surface area contributed by atoms with Gasteiger partial charge in [0.1, 0.15) is 5.82 Å². The van der Waals surface area contributed by atoms with E-state index >= 15 is 0 Å². The highest BCUT2D eigenvalue weighted by Gasteiger charge is 2.35. The van der Waals surface area contributed by atoms with E-state index in [0.29, 0.717) is 13.0 Å². The molecule has 1 aliphatic heterocycles. The van der Waals surface area contributed by atoms with Crippen LogP contribution in [0.5, 0.6) is 0 Å². The number of nitrogens with zero attached hydrogens (tertiary/aromatic N) is 3.